The van der Waals surface area contributed by atoms with E-state index >= 15 is 0 Å². The van der Waals surface area contributed by atoms with E-state index in [2.05, 4.69) is 5.32 Å². The van der Waals surface area contributed by atoms with E-state index in [9.17, 15) is 9.59 Å². The van der Waals surface area contributed by atoms with Crippen LogP contribution in [0.5, 0.6) is 0 Å². The second-order valence-corrected chi connectivity index (χ2v) is 3.25. The predicted molar refractivity (Wildman–Crippen MR) is 43.5 cm³/mol. The highest BCUT2D eigenvalue weighted by atomic mass is 16.4. The standard InChI is InChI=1S/C7H14N2O3/c1-7(2,6(8)12)4-9-3-5(10)11/h9H,3-4H2,1-2H3,(H2,8,12)(H,10,11). The fourth-order valence-corrected chi connectivity index (χ4v) is 0.569. The topological polar surface area (TPSA) is 92.4 Å². The Morgan fingerprint density at radius 3 is 2.33 bits per heavy atom. The highest BCUT2D eigenvalue weighted by Gasteiger charge is 2.24. The first-order chi connectivity index (χ1) is 5.36. The molecule has 70 valence electrons. The van der Waals surface area contributed by atoms with Crippen LogP contribution in [0.3, 0.4) is 0 Å². The minimum absolute atomic E-state index is 0.156. The molecule has 0 saturated heterocycles. The van der Waals surface area contributed by atoms with Crippen LogP contribution in [0.1, 0.15) is 13.8 Å². The summed E-state index contributed by atoms with van der Waals surface area (Å²) in [6.45, 7) is 3.43. The smallest absolute Gasteiger partial charge is 0.317 e. The molecule has 0 aromatic heterocycles. The lowest BCUT2D eigenvalue weighted by Crippen LogP contribution is -2.41. The van der Waals surface area contributed by atoms with Crippen molar-refractivity contribution in [1.82, 2.24) is 5.32 Å². The average Bonchev–Trinajstić information content (AvgIpc) is 1.85. The quantitative estimate of drug-likeness (QED) is 0.507. The third-order valence-corrected chi connectivity index (χ3v) is 1.51. The summed E-state index contributed by atoms with van der Waals surface area (Å²) in [6.07, 6.45) is 0. The second-order valence-electron chi connectivity index (χ2n) is 3.25. The van der Waals surface area contributed by atoms with Crippen molar-refractivity contribution < 1.29 is 14.7 Å². The van der Waals surface area contributed by atoms with Crippen LogP contribution in [0.15, 0.2) is 0 Å². The number of hydrogen-bond acceptors (Lipinski definition) is 3. The molecule has 0 aliphatic rings. The maximum Gasteiger partial charge on any atom is 0.317 e. The molecule has 0 fully saturated rings. The Labute approximate surface area is 70.9 Å². The zero-order valence-corrected chi connectivity index (χ0v) is 7.26. The van der Waals surface area contributed by atoms with E-state index in [1.807, 2.05) is 0 Å². The number of rotatable bonds is 5. The Morgan fingerprint density at radius 1 is 1.50 bits per heavy atom. The molecule has 12 heavy (non-hydrogen) atoms. The van der Waals surface area contributed by atoms with E-state index < -0.39 is 17.3 Å². The Balaban J connectivity index is 3.76. The first kappa shape index (κ1) is 10.9. The van der Waals surface area contributed by atoms with Gasteiger partial charge in [-0.05, 0) is 13.8 Å². The van der Waals surface area contributed by atoms with Gasteiger partial charge in [0.15, 0.2) is 0 Å². The third-order valence-electron chi connectivity index (χ3n) is 1.51. The first-order valence-electron chi connectivity index (χ1n) is 3.58. The van der Waals surface area contributed by atoms with Crippen molar-refractivity contribution in [3.05, 3.63) is 0 Å². The van der Waals surface area contributed by atoms with E-state index in [1.54, 1.807) is 13.8 Å². The van der Waals surface area contributed by atoms with Gasteiger partial charge in [-0.2, -0.15) is 0 Å². The first-order valence-corrected chi connectivity index (χ1v) is 3.58. The summed E-state index contributed by atoms with van der Waals surface area (Å²) in [5.41, 5.74) is 4.36. The molecular formula is C7H14N2O3. The van der Waals surface area contributed by atoms with Crippen LogP contribution in [-0.4, -0.2) is 30.1 Å². The molecule has 0 aliphatic heterocycles. The summed E-state index contributed by atoms with van der Waals surface area (Å²) < 4.78 is 0. The summed E-state index contributed by atoms with van der Waals surface area (Å²) in [4.78, 5) is 20.8. The van der Waals surface area contributed by atoms with E-state index in [1.165, 1.54) is 0 Å². The van der Waals surface area contributed by atoms with Gasteiger partial charge in [-0.1, -0.05) is 0 Å². The monoisotopic (exact) mass is 174 g/mol. The normalized spacial score (nSPS) is 11.2. The number of hydrogen-bond donors (Lipinski definition) is 3. The van der Waals surface area contributed by atoms with Crippen LogP contribution < -0.4 is 11.1 Å². The van der Waals surface area contributed by atoms with E-state index in [-0.39, 0.29) is 13.1 Å². The summed E-state index contributed by atoms with van der Waals surface area (Å²) in [5.74, 6) is -1.39. The number of primary amides is 1. The van der Waals surface area contributed by atoms with Crippen LogP contribution >= 0.6 is 0 Å². The Bertz CT molecular complexity index is 189. The number of carbonyl (C=O) groups excluding carboxylic acids is 1. The molecular weight excluding hydrogens is 160 g/mol. The predicted octanol–water partition coefficient (Wildman–Crippen LogP) is -0.828. The van der Waals surface area contributed by atoms with Crippen LogP contribution in [0.25, 0.3) is 0 Å². The minimum atomic E-state index is -0.949. The van der Waals surface area contributed by atoms with Crippen LogP contribution in [0.2, 0.25) is 0 Å². The largest absolute Gasteiger partial charge is 0.480 e. The number of carboxylic acids is 1. The molecule has 0 heterocycles. The molecule has 0 aliphatic carbocycles. The summed E-state index contributed by atoms with van der Waals surface area (Å²) in [7, 11) is 0. The number of carboxylic acid groups (broad SMARTS) is 1. The SMILES string of the molecule is CC(C)(CNCC(=O)O)C(N)=O. The fraction of sp³-hybridized carbons (Fsp3) is 0.714. The van der Waals surface area contributed by atoms with E-state index in [0.29, 0.717) is 0 Å². The van der Waals surface area contributed by atoms with Gasteiger partial charge in [-0.25, -0.2) is 0 Å². The lowest BCUT2D eigenvalue weighted by molar-refractivity contribution is -0.136. The average molecular weight is 174 g/mol. The van der Waals surface area contributed by atoms with Crippen LogP contribution in [-0.2, 0) is 9.59 Å². The van der Waals surface area contributed by atoms with Gasteiger partial charge in [0, 0.05) is 6.54 Å². The Kier molecular flexibility index (Phi) is 3.69. The zero-order chi connectivity index (χ0) is 9.78. The Morgan fingerprint density at radius 2 is 2.00 bits per heavy atom. The highest BCUT2D eigenvalue weighted by molar-refractivity contribution is 5.80. The number of nitrogens with one attached hydrogen (secondary N) is 1. The van der Waals surface area contributed by atoms with Crippen molar-refractivity contribution >= 4 is 11.9 Å². The lowest BCUT2D eigenvalue weighted by Gasteiger charge is -2.19. The molecule has 5 nitrogen and oxygen atoms in total. The van der Waals surface area contributed by atoms with Gasteiger partial charge in [0.2, 0.25) is 5.91 Å². The van der Waals surface area contributed by atoms with Crippen molar-refractivity contribution in [2.24, 2.45) is 11.1 Å². The maximum absolute atomic E-state index is 10.7. The third kappa shape index (κ3) is 3.92. The molecule has 0 rings (SSSR count). The van der Waals surface area contributed by atoms with Crippen molar-refractivity contribution in [2.75, 3.05) is 13.1 Å². The second kappa shape index (κ2) is 4.06. The van der Waals surface area contributed by atoms with E-state index in [4.69, 9.17) is 10.8 Å². The van der Waals surface area contributed by atoms with Gasteiger partial charge in [0.05, 0.1) is 12.0 Å². The lowest BCUT2D eigenvalue weighted by atomic mass is 9.93. The summed E-state index contributed by atoms with van der Waals surface area (Å²) in [5, 5.41) is 10.9. The van der Waals surface area contributed by atoms with Crippen LogP contribution in [0.4, 0.5) is 0 Å². The number of aliphatic carboxylic acids is 1. The van der Waals surface area contributed by atoms with Gasteiger partial charge in [-0.15, -0.1) is 0 Å². The van der Waals surface area contributed by atoms with Crippen molar-refractivity contribution in [3.63, 3.8) is 0 Å². The highest BCUT2D eigenvalue weighted by Crippen LogP contribution is 2.11. The molecule has 0 spiro atoms. The molecule has 0 aromatic carbocycles. The van der Waals surface area contributed by atoms with Crippen molar-refractivity contribution in [2.45, 2.75) is 13.8 Å². The number of nitrogens with two attached hydrogens (primary N) is 1. The fourth-order valence-electron chi connectivity index (χ4n) is 0.569. The molecule has 5 heteroatoms. The maximum atomic E-state index is 10.7. The molecule has 0 radical (unpaired) electrons. The number of amides is 1. The molecule has 0 unspecified atom stereocenters. The van der Waals surface area contributed by atoms with Gasteiger partial charge in [0.25, 0.3) is 0 Å². The summed E-state index contributed by atoms with van der Waals surface area (Å²) in [6, 6.07) is 0. The van der Waals surface area contributed by atoms with Gasteiger partial charge >= 0.3 is 5.97 Å². The molecule has 4 N–H and O–H groups in total. The number of carbonyl (C=O) groups is 2. The van der Waals surface area contributed by atoms with Crippen molar-refractivity contribution in [1.29, 1.82) is 0 Å². The molecule has 0 saturated carbocycles. The Hall–Kier alpha value is -1.10. The minimum Gasteiger partial charge on any atom is -0.480 e. The van der Waals surface area contributed by atoms with E-state index in [0.717, 1.165) is 0 Å². The van der Waals surface area contributed by atoms with Crippen molar-refractivity contribution in [3.8, 4) is 0 Å². The summed E-state index contributed by atoms with van der Waals surface area (Å²) >= 11 is 0. The van der Waals surface area contributed by atoms with Gasteiger partial charge in [0.1, 0.15) is 0 Å². The molecule has 0 atom stereocenters. The molecule has 0 bridgehead atoms. The molecule has 0 aromatic rings. The van der Waals surface area contributed by atoms with Crippen LogP contribution in [0, 0.1) is 5.41 Å². The van der Waals surface area contributed by atoms with Gasteiger partial charge < -0.3 is 16.2 Å². The molecule has 1 amide bonds. The van der Waals surface area contributed by atoms with Gasteiger partial charge in [-0.3, -0.25) is 9.59 Å². The zero-order valence-electron chi connectivity index (χ0n) is 7.26.